The first-order chi connectivity index (χ1) is 11.1. The van der Waals surface area contributed by atoms with Crippen molar-refractivity contribution in [2.45, 2.75) is 38.5 Å². The molecule has 3 heterocycles. The van der Waals surface area contributed by atoms with E-state index >= 15 is 0 Å². The van der Waals surface area contributed by atoms with Gasteiger partial charge in [0, 0.05) is 32.4 Å². The number of carbonyl (C=O) groups excluding carboxylic acids is 1. The number of aryl methyl sites for hydroxylation is 2. The van der Waals surface area contributed by atoms with E-state index in [1.54, 1.807) is 17.5 Å². The summed E-state index contributed by atoms with van der Waals surface area (Å²) in [6.45, 7) is 3.27. The number of hydrogen-bond acceptors (Lipinski definition) is 4. The molecule has 2 aromatic rings. The van der Waals surface area contributed by atoms with Gasteiger partial charge in [0.1, 0.15) is 6.10 Å². The number of nitrogens with zero attached hydrogens (tertiary/aromatic N) is 2. The van der Waals surface area contributed by atoms with E-state index in [2.05, 4.69) is 33.4 Å². The Morgan fingerprint density at radius 1 is 1.52 bits per heavy atom. The molecule has 2 aromatic heterocycles. The molecule has 1 aliphatic heterocycles. The summed E-state index contributed by atoms with van der Waals surface area (Å²) in [5, 5.41) is 14.3. The predicted molar refractivity (Wildman–Crippen MR) is 89.4 cm³/mol. The molecule has 6 nitrogen and oxygen atoms in total. The van der Waals surface area contributed by atoms with Crippen LogP contribution in [0.3, 0.4) is 0 Å². The lowest BCUT2D eigenvalue weighted by Gasteiger charge is -2.30. The highest BCUT2D eigenvalue weighted by Crippen LogP contribution is 2.27. The smallest absolute Gasteiger partial charge is 0.315 e. The fourth-order valence-electron chi connectivity index (χ4n) is 2.81. The van der Waals surface area contributed by atoms with E-state index in [4.69, 9.17) is 4.74 Å². The Morgan fingerprint density at radius 3 is 3.09 bits per heavy atom. The Bertz CT molecular complexity index is 667. The van der Waals surface area contributed by atoms with E-state index in [9.17, 15) is 4.79 Å². The summed E-state index contributed by atoms with van der Waals surface area (Å²) in [6, 6.07) is 1.96. The second kappa shape index (κ2) is 7.14. The van der Waals surface area contributed by atoms with E-state index in [1.165, 1.54) is 11.1 Å². The van der Waals surface area contributed by atoms with Gasteiger partial charge in [-0.15, -0.1) is 0 Å². The third kappa shape index (κ3) is 3.92. The molecular formula is C16H22N4O2S. The lowest BCUT2D eigenvalue weighted by atomic mass is 10.0. The summed E-state index contributed by atoms with van der Waals surface area (Å²) >= 11 is 1.66. The molecule has 2 N–H and O–H groups in total. The van der Waals surface area contributed by atoms with E-state index in [0.717, 1.165) is 18.5 Å². The Labute approximate surface area is 139 Å². The number of rotatable bonds is 4. The fourth-order valence-corrected chi connectivity index (χ4v) is 3.67. The maximum atomic E-state index is 12.1. The predicted octanol–water partition coefficient (Wildman–Crippen LogP) is 2.51. The topological polar surface area (TPSA) is 68.2 Å². The van der Waals surface area contributed by atoms with Crippen molar-refractivity contribution in [2.75, 3.05) is 6.61 Å². The molecule has 0 spiro atoms. The molecule has 1 fully saturated rings. The summed E-state index contributed by atoms with van der Waals surface area (Å²) in [7, 11) is 1.91. The highest BCUT2D eigenvalue weighted by atomic mass is 32.1. The summed E-state index contributed by atoms with van der Waals surface area (Å²) in [4.78, 5) is 12.1. The molecule has 0 bridgehead atoms. The van der Waals surface area contributed by atoms with Gasteiger partial charge in [0.15, 0.2) is 0 Å². The van der Waals surface area contributed by atoms with Gasteiger partial charge in [0.05, 0.1) is 5.69 Å². The SMILES string of the molecule is Cc1cscc1CNC(=O)NC1CCOC(c2ccnn2C)C1. The minimum atomic E-state index is -0.119. The molecule has 1 saturated heterocycles. The van der Waals surface area contributed by atoms with E-state index in [-0.39, 0.29) is 18.2 Å². The van der Waals surface area contributed by atoms with Crippen LogP contribution in [0.5, 0.6) is 0 Å². The molecule has 2 unspecified atom stereocenters. The van der Waals surface area contributed by atoms with Gasteiger partial charge in [-0.2, -0.15) is 16.4 Å². The summed E-state index contributed by atoms with van der Waals surface area (Å²) < 4.78 is 7.64. The zero-order chi connectivity index (χ0) is 16.2. The van der Waals surface area contributed by atoms with Crippen molar-refractivity contribution in [1.82, 2.24) is 20.4 Å². The van der Waals surface area contributed by atoms with Crippen LogP contribution in [0.15, 0.2) is 23.0 Å². The Hall–Kier alpha value is -1.86. The average molecular weight is 334 g/mol. The molecular weight excluding hydrogens is 312 g/mol. The van der Waals surface area contributed by atoms with E-state index in [0.29, 0.717) is 13.2 Å². The number of carbonyl (C=O) groups is 1. The van der Waals surface area contributed by atoms with Gasteiger partial charge in [-0.25, -0.2) is 4.79 Å². The molecule has 1 aliphatic rings. The number of ether oxygens (including phenoxy) is 1. The van der Waals surface area contributed by atoms with Crippen molar-refractivity contribution < 1.29 is 9.53 Å². The number of amides is 2. The van der Waals surface area contributed by atoms with Crippen LogP contribution in [-0.2, 0) is 18.3 Å². The minimum absolute atomic E-state index is 0.0133. The zero-order valence-corrected chi connectivity index (χ0v) is 14.2. The van der Waals surface area contributed by atoms with Crippen LogP contribution in [-0.4, -0.2) is 28.5 Å². The van der Waals surface area contributed by atoms with Crippen molar-refractivity contribution in [3.05, 3.63) is 39.8 Å². The van der Waals surface area contributed by atoms with Gasteiger partial charge >= 0.3 is 6.03 Å². The quantitative estimate of drug-likeness (QED) is 0.903. The van der Waals surface area contributed by atoms with Crippen molar-refractivity contribution in [3.63, 3.8) is 0 Å². The summed E-state index contributed by atoms with van der Waals surface area (Å²) in [5.41, 5.74) is 3.44. The van der Waals surface area contributed by atoms with Gasteiger partial charge in [-0.05, 0) is 47.7 Å². The minimum Gasteiger partial charge on any atom is -0.372 e. The highest BCUT2D eigenvalue weighted by molar-refractivity contribution is 7.08. The Balaban J connectivity index is 1.50. The third-order valence-corrected chi connectivity index (χ3v) is 5.12. The van der Waals surface area contributed by atoms with Gasteiger partial charge < -0.3 is 15.4 Å². The van der Waals surface area contributed by atoms with Crippen LogP contribution in [0.25, 0.3) is 0 Å². The molecule has 0 radical (unpaired) electrons. The first-order valence-electron chi connectivity index (χ1n) is 7.79. The Morgan fingerprint density at radius 2 is 2.39 bits per heavy atom. The lowest BCUT2D eigenvalue weighted by molar-refractivity contribution is -0.00231. The first kappa shape index (κ1) is 16.0. The standard InChI is InChI=1S/C16H22N4O2S/c1-11-9-23-10-12(11)8-17-16(21)19-13-4-6-22-15(7-13)14-3-5-18-20(14)2/h3,5,9-10,13,15H,4,6-8H2,1-2H3,(H2,17,19,21). The van der Waals surface area contributed by atoms with Crippen LogP contribution in [0, 0.1) is 6.92 Å². The molecule has 124 valence electrons. The zero-order valence-electron chi connectivity index (χ0n) is 13.4. The molecule has 7 heteroatoms. The lowest BCUT2D eigenvalue weighted by Crippen LogP contribution is -2.44. The average Bonchev–Trinajstić information content (AvgIpc) is 3.14. The molecule has 0 aromatic carbocycles. The number of hydrogen-bond donors (Lipinski definition) is 2. The van der Waals surface area contributed by atoms with Crippen LogP contribution in [0.2, 0.25) is 0 Å². The largest absolute Gasteiger partial charge is 0.372 e. The molecule has 23 heavy (non-hydrogen) atoms. The monoisotopic (exact) mass is 334 g/mol. The molecule has 2 amide bonds. The van der Waals surface area contributed by atoms with Crippen molar-refractivity contribution in [3.8, 4) is 0 Å². The van der Waals surface area contributed by atoms with Gasteiger partial charge in [-0.1, -0.05) is 0 Å². The van der Waals surface area contributed by atoms with E-state index in [1.807, 2.05) is 17.8 Å². The summed E-state index contributed by atoms with van der Waals surface area (Å²) in [6.07, 6.45) is 3.36. The van der Waals surface area contributed by atoms with Crippen LogP contribution in [0.4, 0.5) is 4.79 Å². The van der Waals surface area contributed by atoms with Crippen molar-refractivity contribution >= 4 is 17.4 Å². The maximum absolute atomic E-state index is 12.1. The van der Waals surface area contributed by atoms with Crippen molar-refractivity contribution in [1.29, 1.82) is 0 Å². The number of aromatic nitrogens is 2. The summed E-state index contributed by atoms with van der Waals surface area (Å²) in [5.74, 6) is 0. The second-order valence-electron chi connectivity index (χ2n) is 5.87. The highest BCUT2D eigenvalue weighted by Gasteiger charge is 2.26. The molecule has 0 aliphatic carbocycles. The van der Waals surface area contributed by atoms with Crippen LogP contribution >= 0.6 is 11.3 Å². The van der Waals surface area contributed by atoms with Crippen molar-refractivity contribution in [2.24, 2.45) is 7.05 Å². The molecule has 3 rings (SSSR count). The first-order valence-corrected chi connectivity index (χ1v) is 8.73. The third-order valence-electron chi connectivity index (χ3n) is 4.21. The number of thiophene rings is 1. The molecule has 0 saturated carbocycles. The fraction of sp³-hybridized carbons (Fsp3) is 0.500. The normalized spacial score (nSPS) is 21.1. The molecule has 2 atom stereocenters. The second-order valence-corrected chi connectivity index (χ2v) is 6.61. The van der Waals surface area contributed by atoms with Gasteiger partial charge in [-0.3, -0.25) is 4.68 Å². The number of nitrogens with one attached hydrogen (secondary N) is 2. The van der Waals surface area contributed by atoms with E-state index < -0.39 is 0 Å². The van der Waals surface area contributed by atoms with Crippen LogP contribution < -0.4 is 10.6 Å². The maximum Gasteiger partial charge on any atom is 0.315 e. The van der Waals surface area contributed by atoms with Crippen LogP contribution in [0.1, 0.15) is 35.8 Å². The Kier molecular flexibility index (Phi) is 4.97. The number of urea groups is 1. The van der Waals surface area contributed by atoms with Gasteiger partial charge in [0.2, 0.25) is 0 Å². The van der Waals surface area contributed by atoms with Gasteiger partial charge in [0.25, 0.3) is 0 Å².